The summed E-state index contributed by atoms with van der Waals surface area (Å²) in [5, 5.41) is 8.90. The van der Waals surface area contributed by atoms with Crippen LogP contribution in [0.3, 0.4) is 0 Å². The molecule has 0 amide bonds. The van der Waals surface area contributed by atoms with Gasteiger partial charge in [0, 0.05) is 0 Å². The predicted octanol–water partition coefficient (Wildman–Crippen LogP) is 2.27. The minimum absolute atomic E-state index is 0.0191. The molecule has 0 heterocycles. The van der Waals surface area contributed by atoms with Gasteiger partial charge in [0.15, 0.2) is 9.84 Å². The summed E-state index contributed by atoms with van der Waals surface area (Å²) in [6.45, 7) is 1.69. The van der Waals surface area contributed by atoms with Gasteiger partial charge in [-0.3, -0.25) is 0 Å². The summed E-state index contributed by atoms with van der Waals surface area (Å²) in [6, 6.07) is 4.24. The first-order valence-corrected chi connectivity index (χ1v) is 7.62. The van der Waals surface area contributed by atoms with Gasteiger partial charge in [0.1, 0.15) is 0 Å². The Morgan fingerprint density at radius 1 is 1.39 bits per heavy atom. The molecule has 1 aromatic rings. The van der Waals surface area contributed by atoms with Crippen LogP contribution in [0.25, 0.3) is 0 Å². The van der Waals surface area contributed by atoms with Gasteiger partial charge >= 0.3 is 5.97 Å². The average molecular weight is 268 g/mol. The zero-order chi connectivity index (χ0) is 13.3. The molecule has 1 aliphatic rings. The highest BCUT2D eigenvalue weighted by molar-refractivity contribution is 7.91. The summed E-state index contributed by atoms with van der Waals surface area (Å²) < 4.78 is 24.3. The van der Waals surface area contributed by atoms with Crippen LogP contribution in [0.1, 0.15) is 35.2 Å². The Kier molecular flexibility index (Phi) is 3.43. The van der Waals surface area contributed by atoms with Gasteiger partial charge in [-0.15, -0.1) is 0 Å². The topological polar surface area (TPSA) is 71.4 Å². The third-order valence-corrected chi connectivity index (χ3v) is 5.15. The van der Waals surface area contributed by atoms with E-state index in [4.69, 9.17) is 5.11 Å². The molecule has 1 aliphatic carbocycles. The molecule has 4 nitrogen and oxygen atoms in total. The number of benzene rings is 1. The highest BCUT2D eigenvalue weighted by Gasteiger charge is 2.26. The largest absolute Gasteiger partial charge is 0.478 e. The van der Waals surface area contributed by atoms with Crippen LogP contribution in [-0.4, -0.2) is 25.2 Å². The Morgan fingerprint density at radius 2 is 2.06 bits per heavy atom. The van der Waals surface area contributed by atoms with Crippen LogP contribution >= 0.6 is 0 Å². The summed E-state index contributed by atoms with van der Waals surface area (Å²) in [5.74, 6) is -0.446. The standard InChI is InChI=1S/C13H16O4S/c1-9-2-5-11(13(14)15)8-12(9)18(16,17)7-6-10-3-4-10/h2,5,8,10H,3-4,6-7H2,1H3,(H,14,15). The molecule has 0 spiro atoms. The first-order valence-electron chi connectivity index (χ1n) is 5.97. The van der Waals surface area contributed by atoms with E-state index < -0.39 is 15.8 Å². The van der Waals surface area contributed by atoms with Crippen LogP contribution in [0.2, 0.25) is 0 Å². The maximum atomic E-state index is 12.2. The van der Waals surface area contributed by atoms with Crippen LogP contribution < -0.4 is 0 Å². The molecule has 0 aromatic heterocycles. The van der Waals surface area contributed by atoms with Crippen molar-refractivity contribution in [3.8, 4) is 0 Å². The molecule has 0 unspecified atom stereocenters. The number of aromatic carboxylic acids is 1. The normalized spacial score (nSPS) is 15.6. The van der Waals surface area contributed by atoms with Crippen molar-refractivity contribution in [1.29, 1.82) is 0 Å². The molecule has 0 saturated heterocycles. The highest BCUT2D eigenvalue weighted by Crippen LogP contribution is 2.33. The van der Waals surface area contributed by atoms with E-state index >= 15 is 0 Å². The van der Waals surface area contributed by atoms with E-state index in [1.165, 1.54) is 12.1 Å². The van der Waals surface area contributed by atoms with Gasteiger partial charge < -0.3 is 5.11 Å². The number of rotatable bonds is 5. The molecule has 0 atom stereocenters. The quantitative estimate of drug-likeness (QED) is 0.889. The molecule has 0 bridgehead atoms. The van der Waals surface area contributed by atoms with Gasteiger partial charge in [-0.2, -0.15) is 0 Å². The van der Waals surface area contributed by atoms with Crippen molar-refractivity contribution in [3.05, 3.63) is 29.3 Å². The van der Waals surface area contributed by atoms with E-state index in [-0.39, 0.29) is 16.2 Å². The lowest BCUT2D eigenvalue weighted by molar-refractivity contribution is 0.0696. The third kappa shape index (κ3) is 2.90. The molecule has 18 heavy (non-hydrogen) atoms. The lowest BCUT2D eigenvalue weighted by atomic mass is 10.1. The van der Waals surface area contributed by atoms with E-state index in [1.54, 1.807) is 13.0 Å². The monoisotopic (exact) mass is 268 g/mol. The molecule has 0 aliphatic heterocycles. The molecule has 5 heteroatoms. The van der Waals surface area contributed by atoms with Crippen molar-refractivity contribution in [2.24, 2.45) is 5.92 Å². The fraction of sp³-hybridized carbons (Fsp3) is 0.462. The van der Waals surface area contributed by atoms with Gasteiger partial charge in [0.2, 0.25) is 0 Å². The number of hydrogen-bond acceptors (Lipinski definition) is 3. The van der Waals surface area contributed by atoms with E-state index in [2.05, 4.69) is 0 Å². The number of carboxylic acids is 1. The van der Waals surface area contributed by atoms with Crippen molar-refractivity contribution >= 4 is 15.8 Å². The first-order chi connectivity index (χ1) is 8.40. The maximum absolute atomic E-state index is 12.2. The van der Waals surface area contributed by atoms with Gasteiger partial charge in [-0.25, -0.2) is 13.2 Å². The third-order valence-electron chi connectivity index (χ3n) is 3.26. The average Bonchev–Trinajstić information content (AvgIpc) is 3.10. The van der Waals surface area contributed by atoms with Gasteiger partial charge in [-0.05, 0) is 37.0 Å². The zero-order valence-corrected chi connectivity index (χ0v) is 11.0. The summed E-state index contributed by atoms with van der Waals surface area (Å²) in [7, 11) is -3.37. The Labute approximate surface area is 107 Å². The second-order valence-electron chi connectivity index (χ2n) is 4.84. The number of sulfone groups is 1. The van der Waals surface area contributed by atoms with Crippen LogP contribution in [0.15, 0.2) is 23.1 Å². The van der Waals surface area contributed by atoms with Crippen LogP contribution in [-0.2, 0) is 9.84 Å². The lowest BCUT2D eigenvalue weighted by Crippen LogP contribution is -2.10. The summed E-state index contributed by atoms with van der Waals surface area (Å²) in [4.78, 5) is 11.0. The molecule has 0 radical (unpaired) electrons. The Morgan fingerprint density at radius 3 is 2.61 bits per heavy atom. The van der Waals surface area contributed by atoms with Crippen molar-refractivity contribution in [2.45, 2.75) is 31.1 Å². The molecule has 98 valence electrons. The Balaban J connectivity index is 2.29. The predicted molar refractivity (Wildman–Crippen MR) is 67.5 cm³/mol. The van der Waals surface area contributed by atoms with Crippen LogP contribution in [0, 0.1) is 12.8 Å². The van der Waals surface area contributed by atoms with E-state index in [0.717, 1.165) is 12.8 Å². The number of carboxylic acid groups (broad SMARTS) is 1. The highest BCUT2D eigenvalue weighted by atomic mass is 32.2. The van der Waals surface area contributed by atoms with Gasteiger partial charge in [0.25, 0.3) is 0 Å². The number of aryl methyl sites for hydroxylation is 1. The molecule has 1 aromatic carbocycles. The molecular formula is C13H16O4S. The second kappa shape index (κ2) is 4.72. The zero-order valence-electron chi connectivity index (χ0n) is 10.2. The van der Waals surface area contributed by atoms with Crippen molar-refractivity contribution in [3.63, 3.8) is 0 Å². The first kappa shape index (κ1) is 13.1. The maximum Gasteiger partial charge on any atom is 0.335 e. The second-order valence-corrected chi connectivity index (χ2v) is 6.91. The minimum Gasteiger partial charge on any atom is -0.478 e. The molecular weight excluding hydrogens is 252 g/mol. The summed E-state index contributed by atoms with van der Waals surface area (Å²) in [6.07, 6.45) is 2.91. The Bertz CT molecular complexity index is 571. The molecule has 1 N–H and O–H groups in total. The lowest BCUT2D eigenvalue weighted by Gasteiger charge is -2.08. The summed E-state index contributed by atoms with van der Waals surface area (Å²) >= 11 is 0. The molecule has 2 rings (SSSR count). The van der Waals surface area contributed by atoms with Crippen molar-refractivity contribution in [2.75, 3.05) is 5.75 Å². The fourth-order valence-corrected chi connectivity index (χ4v) is 3.64. The fourth-order valence-electron chi connectivity index (χ4n) is 1.91. The smallest absolute Gasteiger partial charge is 0.335 e. The minimum atomic E-state index is -3.37. The SMILES string of the molecule is Cc1ccc(C(=O)O)cc1S(=O)(=O)CCC1CC1. The number of carbonyl (C=O) groups is 1. The van der Waals surface area contributed by atoms with Gasteiger partial charge in [-0.1, -0.05) is 18.9 Å². The van der Waals surface area contributed by atoms with Crippen LogP contribution in [0.5, 0.6) is 0 Å². The van der Waals surface area contributed by atoms with E-state index in [0.29, 0.717) is 17.9 Å². The van der Waals surface area contributed by atoms with Crippen LogP contribution in [0.4, 0.5) is 0 Å². The van der Waals surface area contributed by atoms with E-state index in [9.17, 15) is 13.2 Å². The summed E-state index contributed by atoms with van der Waals surface area (Å²) in [5.41, 5.74) is 0.626. The van der Waals surface area contributed by atoms with Crippen molar-refractivity contribution < 1.29 is 18.3 Å². The van der Waals surface area contributed by atoms with Crippen molar-refractivity contribution in [1.82, 2.24) is 0 Å². The number of hydrogen-bond donors (Lipinski definition) is 1. The van der Waals surface area contributed by atoms with E-state index in [1.807, 2.05) is 0 Å². The Hall–Kier alpha value is -1.36. The van der Waals surface area contributed by atoms with Gasteiger partial charge in [0.05, 0.1) is 16.2 Å². The molecule has 1 fully saturated rings. The molecule has 1 saturated carbocycles.